The third-order valence-electron chi connectivity index (χ3n) is 10.6. The van der Waals surface area contributed by atoms with Crippen molar-refractivity contribution in [3.8, 4) is 5.69 Å². The molecule has 3 N–H and O–H groups in total. The van der Waals surface area contributed by atoms with Crippen LogP contribution in [0.1, 0.15) is 89.1 Å². The molecule has 4 unspecified atom stereocenters. The normalized spacial score (nSPS) is 18.2. The molecule has 246 valence electrons. The number of fused-ring (bicyclic) bond motifs is 7. The van der Waals surface area contributed by atoms with E-state index in [2.05, 4.69) is 121 Å². The molecular formula is C45H40N4S. The lowest BCUT2D eigenvalue weighted by molar-refractivity contribution is 0.462. The Hall–Kier alpha value is -5.07. The predicted molar refractivity (Wildman–Crippen MR) is 214 cm³/mol. The van der Waals surface area contributed by atoms with Crippen molar-refractivity contribution < 1.29 is 0 Å². The second-order valence-corrected chi connectivity index (χ2v) is 14.9. The number of hydrogen-bond donors (Lipinski definition) is 2. The molecule has 0 aliphatic heterocycles. The van der Waals surface area contributed by atoms with E-state index in [0.29, 0.717) is 11.8 Å². The second kappa shape index (κ2) is 12.7. The lowest BCUT2D eigenvalue weighted by atomic mass is 9.83. The van der Waals surface area contributed by atoms with Gasteiger partial charge in [0.25, 0.3) is 0 Å². The molecule has 0 amide bonds. The summed E-state index contributed by atoms with van der Waals surface area (Å²) in [5.41, 5.74) is 17.8. The summed E-state index contributed by atoms with van der Waals surface area (Å²) in [7, 11) is 0. The molecular weight excluding hydrogens is 629 g/mol. The van der Waals surface area contributed by atoms with Crippen molar-refractivity contribution in [3.63, 3.8) is 0 Å². The van der Waals surface area contributed by atoms with Gasteiger partial charge in [-0.15, -0.1) is 11.3 Å². The van der Waals surface area contributed by atoms with E-state index in [1.165, 1.54) is 59.1 Å². The highest BCUT2D eigenvalue weighted by Gasteiger charge is 2.28. The van der Waals surface area contributed by atoms with Crippen LogP contribution in [0.4, 0.5) is 0 Å². The molecule has 2 aromatic heterocycles. The zero-order valence-corrected chi connectivity index (χ0v) is 29.2. The van der Waals surface area contributed by atoms with Gasteiger partial charge in [-0.2, -0.15) is 0 Å². The Kier molecular flexibility index (Phi) is 7.84. The number of nitrogens with one attached hydrogen (secondary N) is 1. The van der Waals surface area contributed by atoms with Gasteiger partial charge in [0, 0.05) is 32.1 Å². The van der Waals surface area contributed by atoms with E-state index >= 15 is 0 Å². The third-order valence-corrected chi connectivity index (χ3v) is 11.7. The minimum Gasteiger partial charge on any atom is -0.312 e. The molecule has 4 atom stereocenters. The van der Waals surface area contributed by atoms with E-state index in [1.807, 2.05) is 53.9 Å². The fourth-order valence-corrected chi connectivity index (χ4v) is 9.41. The van der Waals surface area contributed by atoms with Gasteiger partial charge in [0.05, 0.1) is 22.9 Å². The Morgan fingerprint density at radius 3 is 2.30 bits per heavy atom. The van der Waals surface area contributed by atoms with Crippen molar-refractivity contribution >= 4 is 61.6 Å². The van der Waals surface area contributed by atoms with E-state index < -0.39 is 0 Å². The standard InChI is InChI=1S/C45H40N4S/c1-28-13-11-20-33-38(24-23-34(42(28)33)45(47-27-30-15-5-3-6-16-30)48-44(46)31-17-7-4-8-18-31)49-37-21-10-9-19-32(37)35-25-36-41(26-39(35)49)50-40-22-12-14-29(2)43(36)40/h3-12,15-29,44-45,48H,13-14,46H2,1-2H3. The van der Waals surface area contributed by atoms with Crippen molar-refractivity contribution in [2.24, 2.45) is 10.7 Å². The Balaban J connectivity index is 1.24. The van der Waals surface area contributed by atoms with Crippen molar-refractivity contribution in [1.29, 1.82) is 0 Å². The number of allylic oxidation sites excluding steroid dienone is 2. The zero-order chi connectivity index (χ0) is 33.8. The van der Waals surface area contributed by atoms with Crippen molar-refractivity contribution in [2.75, 3.05) is 0 Å². The molecule has 4 nitrogen and oxygen atoms in total. The first-order chi connectivity index (χ1) is 24.5. The SMILES string of the molecule is CC1CC=Cc2c(-n3c4ccccc4c4cc5c6c(sc5cc43)C=CCC6C)ccc(C(N=Cc3ccccc3)NC(N)c3ccccc3)c21. The molecule has 5 aromatic carbocycles. The highest BCUT2D eigenvalue weighted by atomic mass is 32.1. The first kappa shape index (κ1) is 30.9. The minimum absolute atomic E-state index is 0.311. The quantitative estimate of drug-likeness (QED) is 0.131. The van der Waals surface area contributed by atoms with Gasteiger partial charge in [0.15, 0.2) is 0 Å². The van der Waals surface area contributed by atoms with E-state index in [4.69, 9.17) is 10.7 Å². The predicted octanol–water partition coefficient (Wildman–Crippen LogP) is 11.4. The van der Waals surface area contributed by atoms with Crippen molar-refractivity contribution in [3.05, 3.63) is 160 Å². The van der Waals surface area contributed by atoms with Crippen LogP contribution in [0, 0.1) is 0 Å². The number of para-hydroxylation sites is 1. The van der Waals surface area contributed by atoms with Crippen LogP contribution in [0.5, 0.6) is 0 Å². The van der Waals surface area contributed by atoms with Crippen molar-refractivity contribution in [2.45, 2.75) is 50.9 Å². The fraction of sp³-hybridized carbons (Fsp3) is 0.178. The van der Waals surface area contributed by atoms with Crippen LogP contribution >= 0.6 is 11.3 Å². The molecule has 50 heavy (non-hydrogen) atoms. The molecule has 2 aliphatic carbocycles. The maximum absolute atomic E-state index is 6.83. The number of rotatable bonds is 7. The van der Waals surface area contributed by atoms with Crippen LogP contribution in [0.3, 0.4) is 0 Å². The molecule has 0 fully saturated rings. The molecule has 0 saturated carbocycles. The highest BCUT2D eigenvalue weighted by Crippen LogP contribution is 2.46. The van der Waals surface area contributed by atoms with Gasteiger partial charge in [0.2, 0.25) is 0 Å². The van der Waals surface area contributed by atoms with Gasteiger partial charge < -0.3 is 10.3 Å². The topological polar surface area (TPSA) is 55.3 Å². The average Bonchev–Trinajstić information content (AvgIpc) is 3.68. The Bertz CT molecular complexity index is 2470. The van der Waals surface area contributed by atoms with Gasteiger partial charge in [-0.25, -0.2) is 0 Å². The van der Waals surface area contributed by atoms with E-state index in [-0.39, 0.29) is 12.3 Å². The van der Waals surface area contributed by atoms with Crippen LogP contribution in [0.25, 0.3) is 49.7 Å². The monoisotopic (exact) mass is 668 g/mol. The number of aliphatic imine (C=N–C) groups is 1. The lowest BCUT2D eigenvalue weighted by Crippen LogP contribution is -2.32. The molecule has 0 spiro atoms. The molecule has 2 heterocycles. The summed E-state index contributed by atoms with van der Waals surface area (Å²) in [5, 5.41) is 7.70. The lowest BCUT2D eigenvalue weighted by Gasteiger charge is -2.29. The Morgan fingerprint density at radius 2 is 1.48 bits per heavy atom. The minimum atomic E-state index is -0.382. The summed E-state index contributed by atoms with van der Waals surface area (Å²) in [6.45, 7) is 4.70. The van der Waals surface area contributed by atoms with Crippen LogP contribution in [-0.2, 0) is 0 Å². The van der Waals surface area contributed by atoms with E-state index in [1.54, 1.807) is 0 Å². The van der Waals surface area contributed by atoms with Gasteiger partial charge in [-0.05, 0) is 88.2 Å². The summed E-state index contributed by atoms with van der Waals surface area (Å²) >= 11 is 1.92. The summed E-state index contributed by atoms with van der Waals surface area (Å²) in [6.07, 6.45) is 12.6. The van der Waals surface area contributed by atoms with E-state index in [9.17, 15) is 0 Å². The number of aromatic nitrogens is 1. The van der Waals surface area contributed by atoms with Crippen LogP contribution in [0.15, 0.2) is 126 Å². The van der Waals surface area contributed by atoms with Crippen molar-refractivity contribution in [1.82, 2.24) is 9.88 Å². The summed E-state index contributed by atoms with van der Waals surface area (Å²) in [6, 6.07) is 38.9. The number of benzene rings is 5. The molecule has 0 radical (unpaired) electrons. The fourth-order valence-electron chi connectivity index (χ4n) is 8.13. The second-order valence-electron chi connectivity index (χ2n) is 13.8. The maximum atomic E-state index is 6.83. The molecule has 9 rings (SSSR count). The first-order valence-corrected chi connectivity index (χ1v) is 18.5. The first-order valence-electron chi connectivity index (χ1n) is 17.7. The summed E-state index contributed by atoms with van der Waals surface area (Å²) in [4.78, 5) is 6.59. The van der Waals surface area contributed by atoms with E-state index in [0.717, 1.165) is 29.5 Å². The highest BCUT2D eigenvalue weighted by molar-refractivity contribution is 7.20. The van der Waals surface area contributed by atoms with Gasteiger partial charge in [0.1, 0.15) is 6.17 Å². The van der Waals surface area contributed by atoms with Crippen LogP contribution < -0.4 is 11.1 Å². The molecule has 7 aromatic rings. The molecule has 0 bridgehead atoms. The summed E-state index contributed by atoms with van der Waals surface area (Å²) < 4.78 is 3.85. The van der Waals surface area contributed by atoms with Crippen LogP contribution in [0.2, 0.25) is 0 Å². The number of hydrogen-bond acceptors (Lipinski definition) is 4. The Morgan fingerprint density at radius 1 is 0.760 bits per heavy atom. The zero-order valence-electron chi connectivity index (χ0n) is 28.4. The Labute approximate surface area is 297 Å². The summed E-state index contributed by atoms with van der Waals surface area (Å²) in [5.74, 6) is 0.841. The number of nitrogens with zero attached hydrogens (tertiary/aromatic N) is 2. The van der Waals surface area contributed by atoms with Gasteiger partial charge >= 0.3 is 0 Å². The van der Waals surface area contributed by atoms with Gasteiger partial charge in [-0.3, -0.25) is 10.3 Å². The van der Waals surface area contributed by atoms with Gasteiger partial charge in [-0.1, -0.05) is 117 Å². The average molecular weight is 669 g/mol. The third kappa shape index (κ3) is 5.25. The number of thiophene rings is 1. The molecule has 5 heteroatoms. The molecule has 0 saturated heterocycles. The van der Waals surface area contributed by atoms with Crippen LogP contribution in [-0.4, -0.2) is 10.8 Å². The smallest absolute Gasteiger partial charge is 0.127 e. The largest absolute Gasteiger partial charge is 0.312 e. The molecule has 2 aliphatic rings. The maximum Gasteiger partial charge on any atom is 0.127 e. The number of nitrogens with two attached hydrogens (primary N) is 1.